The molecule has 0 bridgehead atoms. The van der Waals surface area contributed by atoms with Crippen molar-refractivity contribution < 1.29 is 19.4 Å². The fourth-order valence-corrected chi connectivity index (χ4v) is 3.19. The molecule has 0 aliphatic carbocycles. The second kappa shape index (κ2) is 20.4. The largest absolute Gasteiger partial charge is 0.381 e. The third kappa shape index (κ3) is 19.4. The van der Waals surface area contributed by atoms with E-state index in [9.17, 15) is 9.59 Å². The van der Waals surface area contributed by atoms with Crippen LogP contribution in [0, 0.1) is 0 Å². The Labute approximate surface area is 173 Å². The maximum atomic E-state index is 11.4. The van der Waals surface area contributed by atoms with Crippen LogP contribution in [0.15, 0.2) is 12.2 Å². The van der Waals surface area contributed by atoms with Gasteiger partial charge in [0.1, 0.15) is 0 Å². The monoisotopic (exact) mass is 396 g/mol. The van der Waals surface area contributed by atoms with E-state index in [0.29, 0.717) is 6.42 Å². The molecule has 0 saturated heterocycles. The fourth-order valence-electron chi connectivity index (χ4n) is 3.19. The van der Waals surface area contributed by atoms with Crippen LogP contribution in [0.4, 0.5) is 0 Å². The SMILES string of the molecule is C=C(C)C(=O)OOC(=O)CCCCCCCCCCCCCCCCCCC. The predicted molar refractivity (Wildman–Crippen MR) is 116 cm³/mol. The van der Waals surface area contributed by atoms with Crippen molar-refractivity contribution in [3.8, 4) is 0 Å². The highest BCUT2D eigenvalue weighted by atomic mass is 17.2. The van der Waals surface area contributed by atoms with Crippen molar-refractivity contribution in [2.24, 2.45) is 0 Å². The summed E-state index contributed by atoms with van der Waals surface area (Å²) in [6.07, 6.45) is 22.5. The molecule has 4 heteroatoms. The average Bonchev–Trinajstić information content (AvgIpc) is 2.68. The van der Waals surface area contributed by atoms with Crippen molar-refractivity contribution in [2.45, 2.75) is 129 Å². The first-order valence-corrected chi connectivity index (χ1v) is 11.6. The minimum absolute atomic E-state index is 0.214. The van der Waals surface area contributed by atoms with Gasteiger partial charge < -0.3 is 0 Å². The van der Waals surface area contributed by atoms with Gasteiger partial charge in [-0.1, -0.05) is 116 Å². The highest BCUT2D eigenvalue weighted by Gasteiger charge is 2.09. The number of hydrogen-bond acceptors (Lipinski definition) is 4. The summed E-state index contributed by atoms with van der Waals surface area (Å²) in [5, 5.41) is 0. The van der Waals surface area contributed by atoms with Crippen molar-refractivity contribution in [1.29, 1.82) is 0 Å². The predicted octanol–water partition coefficient (Wildman–Crippen LogP) is 7.61. The molecule has 0 aromatic heterocycles. The van der Waals surface area contributed by atoms with Crippen LogP contribution in [0.1, 0.15) is 129 Å². The fraction of sp³-hybridized carbons (Fsp3) is 0.833. The summed E-state index contributed by atoms with van der Waals surface area (Å²) in [6.45, 7) is 7.19. The van der Waals surface area contributed by atoms with Gasteiger partial charge in [0, 0.05) is 5.57 Å². The molecule has 0 atom stereocenters. The first kappa shape index (κ1) is 26.7. The van der Waals surface area contributed by atoms with Crippen molar-refractivity contribution in [3.05, 3.63) is 12.2 Å². The van der Waals surface area contributed by atoms with Gasteiger partial charge in [-0.2, -0.15) is 0 Å². The first-order valence-electron chi connectivity index (χ1n) is 11.6. The summed E-state index contributed by atoms with van der Waals surface area (Å²) in [4.78, 5) is 31.3. The zero-order chi connectivity index (χ0) is 20.9. The normalized spacial score (nSPS) is 10.6. The zero-order valence-corrected chi connectivity index (χ0v) is 18.6. The summed E-state index contributed by atoms with van der Waals surface area (Å²) in [5.74, 6) is -1.19. The molecule has 0 amide bonds. The van der Waals surface area contributed by atoms with Crippen LogP contribution in [-0.4, -0.2) is 11.9 Å². The molecule has 0 rings (SSSR count). The van der Waals surface area contributed by atoms with E-state index in [-0.39, 0.29) is 5.57 Å². The Morgan fingerprint density at radius 3 is 1.32 bits per heavy atom. The highest BCUT2D eigenvalue weighted by Crippen LogP contribution is 2.14. The van der Waals surface area contributed by atoms with Gasteiger partial charge in [-0.15, -0.1) is 0 Å². The van der Waals surface area contributed by atoms with E-state index < -0.39 is 11.9 Å². The lowest BCUT2D eigenvalue weighted by molar-refractivity contribution is -0.255. The second-order valence-corrected chi connectivity index (χ2v) is 8.01. The summed E-state index contributed by atoms with van der Waals surface area (Å²) in [5.41, 5.74) is 0.214. The van der Waals surface area contributed by atoms with Crippen molar-refractivity contribution >= 4 is 11.9 Å². The number of unbranched alkanes of at least 4 members (excludes halogenated alkanes) is 16. The van der Waals surface area contributed by atoms with E-state index in [2.05, 4.69) is 23.3 Å². The van der Waals surface area contributed by atoms with Gasteiger partial charge in [-0.3, -0.25) is 0 Å². The van der Waals surface area contributed by atoms with Gasteiger partial charge in [-0.25, -0.2) is 19.4 Å². The van der Waals surface area contributed by atoms with Crippen LogP contribution >= 0.6 is 0 Å². The Hall–Kier alpha value is -1.32. The molecule has 28 heavy (non-hydrogen) atoms. The standard InChI is InChI=1S/C24H44O4/c1-4-5-6-7-8-9-10-11-12-13-14-15-16-17-18-19-20-21-23(25)27-28-24(26)22(2)3/h2,4-21H2,1,3H3. The van der Waals surface area contributed by atoms with E-state index in [4.69, 9.17) is 0 Å². The lowest BCUT2D eigenvalue weighted by Gasteiger charge is -2.04. The van der Waals surface area contributed by atoms with Crippen LogP contribution in [0.2, 0.25) is 0 Å². The highest BCUT2D eigenvalue weighted by molar-refractivity contribution is 5.87. The number of rotatable bonds is 19. The molecular formula is C24H44O4. The van der Waals surface area contributed by atoms with Gasteiger partial charge in [0.15, 0.2) is 0 Å². The maximum Gasteiger partial charge on any atom is 0.381 e. The molecule has 0 radical (unpaired) electrons. The topological polar surface area (TPSA) is 52.6 Å². The molecule has 0 saturated carbocycles. The second-order valence-electron chi connectivity index (χ2n) is 8.01. The Bertz CT molecular complexity index is 403. The lowest BCUT2D eigenvalue weighted by Crippen LogP contribution is -2.11. The lowest BCUT2D eigenvalue weighted by atomic mass is 10.0. The summed E-state index contributed by atoms with van der Waals surface area (Å²) < 4.78 is 0. The van der Waals surface area contributed by atoms with Crippen LogP contribution < -0.4 is 0 Å². The number of carbonyl (C=O) groups is 2. The van der Waals surface area contributed by atoms with Gasteiger partial charge >= 0.3 is 11.9 Å². The molecule has 0 aliphatic rings. The first-order chi connectivity index (χ1) is 13.6. The van der Waals surface area contributed by atoms with Crippen LogP contribution in [0.5, 0.6) is 0 Å². The quantitative estimate of drug-likeness (QED) is 0.0975. The molecule has 0 spiro atoms. The molecule has 0 N–H and O–H groups in total. The molecule has 0 aliphatic heterocycles. The van der Waals surface area contributed by atoms with E-state index in [1.165, 1.54) is 96.8 Å². The average molecular weight is 397 g/mol. The Kier molecular flexibility index (Phi) is 19.5. The van der Waals surface area contributed by atoms with E-state index in [0.717, 1.165) is 19.3 Å². The molecule has 0 unspecified atom stereocenters. The van der Waals surface area contributed by atoms with E-state index in [1.54, 1.807) is 0 Å². The van der Waals surface area contributed by atoms with E-state index in [1.807, 2.05) is 0 Å². The molecular weight excluding hydrogens is 352 g/mol. The smallest absolute Gasteiger partial charge is 0.247 e. The van der Waals surface area contributed by atoms with Gasteiger partial charge in [0.25, 0.3) is 0 Å². The summed E-state index contributed by atoms with van der Waals surface area (Å²) in [6, 6.07) is 0. The van der Waals surface area contributed by atoms with Crippen LogP contribution in [0.3, 0.4) is 0 Å². The Balaban J connectivity index is 3.18. The molecule has 0 aromatic rings. The maximum absolute atomic E-state index is 11.4. The summed E-state index contributed by atoms with van der Waals surface area (Å²) >= 11 is 0. The molecule has 0 aromatic carbocycles. The molecule has 0 fully saturated rings. The Morgan fingerprint density at radius 1 is 0.607 bits per heavy atom. The Morgan fingerprint density at radius 2 is 0.964 bits per heavy atom. The molecule has 164 valence electrons. The van der Waals surface area contributed by atoms with Gasteiger partial charge in [0.2, 0.25) is 0 Å². The van der Waals surface area contributed by atoms with Crippen molar-refractivity contribution in [3.63, 3.8) is 0 Å². The number of carbonyl (C=O) groups excluding carboxylic acids is 2. The van der Waals surface area contributed by atoms with Crippen LogP contribution in [0.25, 0.3) is 0 Å². The molecule has 4 nitrogen and oxygen atoms in total. The summed E-state index contributed by atoms with van der Waals surface area (Å²) in [7, 11) is 0. The van der Waals surface area contributed by atoms with Crippen LogP contribution in [-0.2, 0) is 19.4 Å². The third-order valence-electron chi connectivity index (χ3n) is 5.04. The van der Waals surface area contributed by atoms with Gasteiger partial charge in [0.05, 0.1) is 6.42 Å². The number of hydrogen-bond donors (Lipinski definition) is 0. The zero-order valence-electron chi connectivity index (χ0n) is 18.6. The van der Waals surface area contributed by atoms with Crippen molar-refractivity contribution in [1.82, 2.24) is 0 Å². The minimum Gasteiger partial charge on any atom is -0.247 e. The third-order valence-corrected chi connectivity index (χ3v) is 5.04. The minimum atomic E-state index is -0.698. The molecule has 0 heterocycles. The van der Waals surface area contributed by atoms with Gasteiger partial charge in [-0.05, 0) is 13.3 Å². The van der Waals surface area contributed by atoms with Crippen molar-refractivity contribution in [2.75, 3.05) is 0 Å². The van der Waals surface area contributed by atoms with E-state index >= 15 is 0 Å².